The number of nitrogens with zero attached hydrogens (tertiary/aromatic N) is 3. The predicted molar refractivity (Wildman–Crippen MR) is 91.4 cm³/mol. The van der Waals surface area contributed by atoms with E-state index in [4.69, 9.17) is 0 Å². The molecule has 1 N–H and O–H groups in total. The van der Waals surface area contributed by atoms with Gasteiger partial charge in [-0.2, -0.15) is 0 Å². The fraction of sp³-hybridized carbons (Fsp3) is 0.722. The summed E-state index contributed by atoms with van der Waals surface area (Å²) in [5.74, 6) is 2.28. The Kier molecular flexibility index (Phi) is 4.83. The van der Waals surface area contributed by atoms with E-state index in [0.717, 1.165) is 49.2 Å². The molecule has 1 aliphatic heterocycles. The second-order valence-electron chi connectivity index (χ2n) is 7.28. The van der Waals surface area contributed by atoms with Crippen LogP contribution in [0, 0.1) is 25.7 Å². The number of anilines is 1. The minimum Gasteiger partial charge on any atom is -0.353 e. The van der Waals surface area contributed by atoms with Crippen LogP contribution in [0.3, 0.4) is 0 Å². The highest BCUT2D eigenvalue weighted by atomic mass is 16.1. The van der Waals surface area contributed by atoms with Gasteiger partial charge >= 0.3 is 0 Å². The van der Waals surface area contributed by atoms with Gasteiger partial charge in [0.25, 0.3) is 0 Å². The maximum Gasteiger partial charge on any atom is 0.225 e. The molecule has 0 radical (unpaired) electrons. The van der Waals surface area contributed by atoms with E-state index in [-0.39, 0.29) is 5.91 Å². The molecule has 1 aromatic heterocycles. The highest BCUT2D eigenvalue weighted by Gasteiger charge is 2.30. The number of hydrogen-bond donors (Lipinski definition) is 1. The maximum absolute atomic E-state index is 12.1. The molecular weight excluding hydrogens is 288 g/mol. The number of piperidine rings is 1. The third kappa shape index (κ3) is 4.43. The second-order valence-corrected chi connectivity index (χ2v) is 7.28. The molecule has 5 heteroatoms. The first kappa shape index (κ1) is 16.2. The Labute approximate surface area is 138 Å². The molecule has 0 aromatic carbocycles. The van der Waals surface area contributed by atoms with Gasteiger partial charge in [-0.3, -0.25) is 4.79 Å². The number of rotatable bonds is 5. The Hall–Kier alpha value is -1.65. The number of carbonyl (C=O) groups excluding carboxylic acids is 1. The second kappa shape index (κ2) is 6.85. The van der Waals surface area contributed by atoms with E-state index in [1.807, 2.05) is 19.9 Å². The number of carbonyl (C=O) groups is 1. The van der Waals surface area contributed by atoms with E-state index in [9.17, 15) is 4.79 Å². The summed E-state index contributed by atoms with van der Waals surface area (Å²) in [4.78, 5) is 23.5. The summed E-state index contributed by atoms with van der Waals surface area (Å²) in [6.45, 7) is 8.04. The Morgan fingerprint density at radius 1 is 1.22 bits per heavy atom. The van der Waals surface area contributed by atoms with Crippen molar-refractivity contribution in [2.45, 2.75) is 58.9 Å². The molecule has 2 fully saturated rings. The average molecular weight is 316 g/mol. The predicted octanol–water partition coefficient (Wildman–Crippen LogP) is 2.61. The van der Waals surface area contributed by atoms with Gasteiger partial charge < -0.3 is 10.2 Å². The van der Waals surface area contributed by atoms with Gasteiger partial charge in [-0.05, 0) is 64.4 Å². The van der Waals surface area contributed by atoms with E-state index in [2.05, 4.69) is 27.1 Å². The highest BCUT2D eigenvalue weighted by Crippen LogP contribution is 2.32. The number of aromatic nitrogens is 2. The summed E-state index contributed by atoms with van der Waals surface area (Å²) < 4.78 is 0. The molecule has 1 amide bonds. The standard InChI is InChI=1S/C18H28N4O/c1-12-10-13(2)20-18(19-12)22-8-6-15(7-9-22)11-17(23)21-14(3)16-4-5-16/h10,14-16H,4-9,11H2,1-3H3,(H,21,23)/t14-/m1/s1. The summed E-state index contributed by atoms with van der Waals surface area (Å²) in [5, 5.41) is 3.17. The summed E-state index contributed by atoms with van der Waals surface area (Å²) in [6, 6.07) is 2.35. The molecule has 3 rings (SSSR count). The van der Waals surface area contributed by atoms with Crippen molar-refractivity contribution in [3.8, 4) is 0 Å². The van der Waals surface area contributed by atoms with E-state index >= 15 is 0 Å². The van der Waals surface area contributed by atoms with Crippen LogP contribution in [0.1, 0.15) is 50.4 Å². The third-order valence-electron chi connectivity index (χ3n) is 5.06. The van der Waals surface area contributed by atoms with Gasteiger partial charge in [0.05, 0.1) is 0 Å². The lowest BCUT2D eigenvalue weighted by Crippen LogP contribution is -2.39. The lowest BCUT2D eigenvalue weighted by atomic mass is 9.93. The van der Waals surface area contributed by atoms with Gasteiger partial charge in [0.15, 0.2) is 0 Å². The van der Waals surface area contributed by atoms with Crippen LogP contribution in [0.15, 0.2) is 6.07 Å². The van der Waals surface area contributed by atoms with Gasteiger partial charge in [0, 0.05) is 36.9 Å². The minimum atomic E-state index is 0.227. The Morgan fingerprint density at radius 3 is 2.39 bits per heavy atom. The normalized spacial score (nSPS) is 20.4. The average Bonchev–Trinajstić information content (AvgIpc) is 3.31. The molecule has 0 unspecified atom stereocenters. The van der Waals surface area contributed by atoms with Gasteiger partial charge in [-0.15, -0.1) is 0 Å². The fourth-order valence-electron chi connectivity index (χ4n) is 3.47. The summed E-state index contributed by atoms with van der Waals surface area (Å²) in [7, 11) is 0. The molecular formula is C18H28N4O. The van der Waals surface area contributed by atoms with Crippen LogP contribution in [-0.4, -0.2) is 35.0 Å². The summed E-state index contributed by atoms with van der Waals surface area (Å²) >= 11 is 0. The first-order valence-electron chi connectivity index (χ1n) is 8.88. The molecule has 2 aliphatic rings. The first-order chi connectivity index (χ1) is 11.0. The zero-order chi connectivity index (χ0) is 16.4. The Balaban J connectivity index is 1.47. The number of aryl methyl sites for hydroxylation is 2. The van der Waals surface area contributed by atoms with Gasteiger partial charge in [-0.25, -0.2) is 9.97 Å². The van der Waals surface area contributed by atoms with E-state index in [1.54, 1.807) is 0 Å². The number of nitrogens with one attached hydrogen (secondary N) is 1. The summed E-state index contributed by atoms with van der Waals surface area (Å²) in [5.41, 5.74) is 2.03. The van der Waals surface area contributed by atoms with E-state index in [0.29, 0.717) is 18.4 Å². The fourth-order valence-corrected chi connectivity index (χ4v) is 3.47. The van der Waals surface area contributed by atoms with E-state index in [1.165, 1.54) is 12.8 Å². The van der Waals surface area contributed by atoms with Crippen molar-refractivity contribution in [3.63, 3.8) is 0 Å². The zero-order valence-corrected chi connectivity index (χ0v) is 14.5. The van der Waals surface area contributed by atoms with Crippen molar-refractivity contribution in [3.05, 3.63) is 17.5 Å². The Bertz CT molecular complexity index is 542. The van der Waals surface area contributed by atoms with Gasteiger partial charge in [-0.1, -0.05) is 0 Å². The molecule has 0 spiro atoms. The largest absolute Gasteiger partial charge is 0.353 e. The van der Waals surface area contributed by atoms with Crippen molar-refractivity contribution in [1.82, 2.24) is 15.3 Å². The SMILES string of the molecule is Cc1cc(C)nc(N2CCC(CC(=O)N[C@H](C)C3CC3)CC2)n1. The molecule has 2 heterocycles. The molecule has 1 aliphatic carbocycles. The quantitative estimate of drug-likeness (QED) is 0.907. The molecule has 23 heavy (non-hydrogen) atoms. The van der Waals surface area contributed by atoms with Crippen LogP contribution < -0.4 is 10.2 Å². The van der Waals surface area contributed by atoms with Gasteiger partial charge in [0.2, 0.25) is 11.9 Å². The van der Waals surface area contributed by atoms with Crippen molar-refractivity contribution in [1.29, 1.82) is 0 Å². The molecule has 5 nitrogen and oxygen atoms in total. The van der Waals surface area contributed by atoms with Crippen LogP contribution in [0.5, 0.6) is 0 Å². The van der Waals surface area contributed by atoms with Crippen LogP contribution in [0.4, 0.5) is 5.95 Å². The topological polar surface area (TPSA) is 58.1 Å². The van der Waals surface area contributed by atoms with Crippen LogP contribution in [-0.2, 0) is 4.79 Å². The highest BCUT2D eigenvalue weighted by molar-refractivity contribution is 5.76. The number of hydrogen-bond acceptors (Lipinski definition) is 4. The van der Waals surface area contributed by atoms with Crippen LogP contribution >= 0.6 is 0 Å². The van der Waals surface area contributed by atoms with Crippen LogP contribution in [0.25, 0.3) is 0 Å². The van der Waals surface area contributed by atoms with Crippen molar-refractivity contribution in [2.75, 3.05) is 18.0 Å². The van der Waals surface area contributed by atoms with Gasteiger partial charge in [0.1, 0.15) is 0 Å². The Morgan fingerprint density at radius 2 is 1.83 bits per heavy atom. The van der Waals surface area contributed by atoms with E-state index < -0.39 is 0 Å². The lowest BCUT2D eigenvalue weighted by Gasteiger charge is -2.32. The molecule has 126 valence electrons. The molecule has 1 saturated carbocycles. The van der Waals surface area contributed by atoms with Crippen molar-refractivity contribution in [2.24, 2.45) is 11.8 Å². The molecule has 1 saturated heterocycles. The lowest BCUT2D eigenvalue weighted by molar-refractivity contribution is -0.122. The summed E-state index contributed by atoms with van der Waals surface area (Å²) in [6.07, 6.45) is 5.30. The third-order valence-corrected chi connectivity index (χ3v) is 5.06. The number of amides is 1. The first-order valence-corrected chi connectivity index (χ1v) is 8.88. The van der Waals surface area contributed by atoms with Crippen molar-refractivity contribution >= 4 is 11.9 Å². The molecule has 1 aromatic rings. The zero-order valence-electron chi connectivity index (χ0n) is 14.5. The van der Waals surface area contributed by atoms with Crippen molar-refractivity contribution < 1.29 is 4.79 Å². The van der Waals surface area contributed by atoms with Crippen LogP contribution in [0.2, 0.25) is 0 Å². The smallest absolute Gasteiger partial charge is 0.225 e. The maximum atomic E-state index is 12.1. The minimum absolute atomic E-state index is 0.227. The molecule has 0 bridgehead atoms. The molecule has 1 atom stereocenters. The monoisotopic (exact) mass is 316 g/mol.